The van der Waals surface area contributed by atoms with Gasteiger partial charge in [-0.15, -0.1) is 11.3 Å². The lowest BCUT2D eigenvalue weighted by Crippen LogP contribution is -2.33. The Labute approximate surface area is 113 Å². The van der Waals surface area contributed by atoms with Gasteiger partial charge in [0, 0.05) is 11.4 Å². The molecular formula is C11H15N5O2S. The van der Waals surface area contributed by atoms with Crippen molar-refractivity contribution in [2.75, 3.05) is 11.1 Å². The van der Waals surface area contributed by atoms with Crippen LogP contribution in [0.3, 0.4) is 0 Å². The number of aromatic amines is 1. The van der Waals surface area contributed by atoms with Gasteiger partial charge in [0.05, 0.1) is 17.7 Å². The lowest BCUT2D eigenvalue weighted by molar-refractivity contribution is 0.706. The highest BCUT2D eigenvalue weighted by Crippen LogP contribution is 2.16. The SMILES string of the molecule is CCn1c(N)c(NCc2scnc2C)c(=O)[nH]c1=O. The molecule has 7 nitrogen and oxygen atoms in total. The van der Waals surface area contributed by atoms with Crippen LogP contribution in [0.25, 0.3) is 0 Å². The Balaban J connectivity index is 2.33. The molecule has 0 aliphatic rings. The third kappa shape index (κ3) is 2.53. The van der Waals surface area contributed by atoms with Crippen molar-refractivity contribution < 1.29 is 0 Å². The molecule has 0 bridgehead atoms. The number of anilines is 2. The monoisotopic (exact) mass is 281 g/mol. The zero-order valence-corrected chi connectivity index (χ0v) is 11.5. The fraction of sp³-hybridized carbons (Fsp3) is 0.364. The second kappa shape index (κ2) is 5.27. The van der Waals surface area contributed by atoms with E-state index in [0.717, 1.165) is 10.6 Å². The normalized spacial score (nSPS) is 10.6. The number of nitrogens with two attached hydrogens (primary N) is 1. The van der Waals surface area contributed by atoms with Crippen LogP contribution in [0.5, 0.6) is 0 Å². The van der Waals surface area contributed by atoms with E-state index in [0.29, 0.717) is 13.1 Å². The molecule has 0 saturated heterocycles. The first-order valence-corrected chi connectivity index (χ1v) is 6.68. The van der Waals surface area contributed by atoms with E-state index in [1.54, 1.807) is 12.4 Å². The Bertz CT molecular complexity index is 700. The van der Waals surface area contributed by atoms with E-state index in [1.165, 1.54) is 15.9 Å². The van der Waals surface area contributed by atoms with Gasteiger partial charge < -0.3 is 11.1 Å². The number of nitrogen functional groups attached to an aromatic ring is 1. The Hall–Kier alpha value is -2.09. The Morgan fingerprint density at radius 1 is 1.53 bits per heavy atom. The molecule has 0 spiro atoms. The van der Waals surface area contributed by atoms with Gasteiger partial charge in [0.1, 0.15) is 11.5 Å². The Kier molecular flexibility index (Phi) is 3.70. The van der Waals surface area contributed by atoms with Gasteiger partial charge in [-0.3, -0.25) is 14.3 Å². The number of hydrogen-bond donors (Lipinski definition) is 3. The van der Waals surface area contributed by atoms with Crippen molar-refractivity contribution in [3.63, 3.8) is 0 Å². The molecule has 0 aliphatic carbocycles. The standard InChI is InChI=1S/C11H15N5O2S/c1-3-16-9(12)8(10(17)15-11(16)18)13-4-7-6(2)14-5-19-7/h5,13H,3-4,12H2,1-2H3,(H,15,17,18). The first kappa shape index (κ1) is 13.3. The molecule has 0 unspecified atom stereocenters. The van der Waals surface area contributed by atoms with Gasteiger partial charge in [-0.25, -0.2) is 9.78 Å². The van der Waals surface area contributed by atoms with Gasteiger partial charge in [-0.2, -0.15) is 0 Å². The molecule has 2 aromatic heterocycles. The fourth-order valence-electron chi connectivity index (χ4n) is 1.74. The van der Waals surface area contributed by atoms with Crippen LogP contribution >= 0.6 is 11.3 Å². The summed E-state index contributed by atoms with van der Waals surface area (Å²) in [6, 6.07) is 0. The number of nitrogens with one attached hydrogen (secondary N) is 2. The van der Waals surface area contributed by atoms with E-state index in [9.17, 15) is 9.59 Å². The quantitative estimate of drug-likeness (QED) is 0.757. The summed E-state index contributed by atoms with van der Waals surface area (Å²) in [5.41, 5.74) is 7.71. The minimum Gasteiger partial charge on any atom is -0.383 e. The van der Waals surface area contributed by atoms with Crippen molar-refractivity contribution in [2.24, 2.45) is 0 Å². The second-order valence-electron chi connectivity index (χ2n) is 3.98. The maximum Gasteiger partial charge on any atom is 0.330 e. The summed E-state index contributed by atoms with van der Waals surface area (Å²) in [5, 5.41) is 2.97. The molecule has 102 valence electrons. The molecule has 19 heavy (non-hydrogen) atoms. The predicted molar refractivity (Wildman–Crippen MR) is 75.6 cm³/mol. The molecule has 0 aliphatic heterocycles. The number of H-pyrrole nitrogens is 1. The summed E-state index contributed by atoms with van der Waals surface area (Å²) in [6.07, 6.45) is 0. The summed E-state index contributed by atoms with van der Waals surface area (Å²) < 4.78 is 1.31. The predicted octanol–water partition coefficient (Wildman–Crippen LogP) is 0.516. The zero-order chi connectivity index (χ0) is 14.0. The van der Waals surface area contributed by atoms with Crippen molar-refractivity contribution in [2.45, 2.75) is 26.9 Å². The molecule has 0 aromatic carbocycles. The average Bonchev–Trinajstić information content (AvgIpc) is 2.75. The largest absolute Gasteiger partial charge is 0.383 e. The van der Waals surface area contributed by atoms with Gasteiger partial charge >= 0.3 is 5.69 Å². The number of aromatic nitrogens is 3. The molecule has 0 saturated carbocycles. The number of aryl methyl sites for hydroxylation is 1. The topological polar surface area (TPSA) is 106 Å². The van der Waals surface area contributed by atoms with Crippen LogP contribution in [0.4, 0.5) is 11.5 Å². The Morgan fingerprint density at radius 2 is 2.26 bits per heavy atom. The van der Waals surface area contributed by atoms with Gasteiger partial charge in [0.2, 0.25) is 0 Å². The van der Waals surface area contributed by atoms with Crippen molar-refractivity contribution in [1.82, 2.24) is 14.5 Å². The first-order chi connectivity index (χ1) is 9.04. The van der Waals surface area contributed by atoms with Crippen LogP contribution < -0.4 is 22.3 Å². The molecule has 0 amide bonds. The van der Waals surface area contributed by atoms with E-state index in [2.05, 4.69) is 15.3 Å². The highest BCUT2D eigenvalue weighted by molar-refractivity contribution is 7.09. The van der Waals surface area contributed by atoms with Crippen LogP contribution in [0.15, 0.2) is 15.1 Å². The van der Waals surface area contributed by atoms with Crippen LogP contribution in [0, 0.1) is 6.92 Å². The van der Waals surface area contributed by atoms with Crippen molar-refractivity contribution in [3.05, 3.63) is 36.9 Å². The fourth-order valence-corrected chi connectivity index (χ4v) is 2.45. The van der Waals surface area contributed by atoms with E-state index in [1.807, 2.05) is 6.92 Å². The molecule has 4 N–H and O–H groups in total. The van der Waals surface area contributed by atoms with E-state index in [4.69, 9.17) is 5.73 Å². The molecule has 2 aromatic rings. The maximum atomic E-state index is 11.7. The highest BCUT2D eigenvalue weighted by Gasteiger charge is 2.11. The highest BCUT2D eigenvalue weighted by atomic mass is 32.1. The van der Waals surface area contributed by atoms with Crippen molar-refractivity contribution in [3.8, 4) is 0 Å². The summed E-state index contributed by atoms with van der Waals surface area (Å²) in [4.78, 5) is 30.7. The maximum absolute atomic E-state index is 11.7. The minimum atomic E-state index is -0.505. The van der Waals surface area contributed by atoms with Crippen LogP contribution in [-0.2, 0) is 13.1 Å². The van der Waals surface area contributed by atoms with Gasteiger partial charge in [-0.1, -0.05) is 0 Å². The molecule has 2 heterocycles. The first-order valence-electron chi connectivity index (χ1n) is 5.80. The Morgan fingerprint density at radius 3 is 2.84 bits per heavy atom. The van der Waals surface area contributed by atoms with E-state index in [-0.39, 0.29) is 11.5 Å². The second-order valence-corrected chi connectivity index (χ2v) is 4.92. The summed E-state index contributed by atoms with van der Waals surface area (Å²) in [6.45, 7) is 4.53. The summed E-state index contributed by atoms with van der Waals surface area (Å²) in [5.74, 6) is 0.151. The van der Waals surface area contributed by atoms with Crippen LogP contribution in [0.2, 0.25) is 0 Å². The summed E-state index contributed by atoms with van der Waals surface area (Å²) in [7, 11) is 0. The molecule has 2 rings (SSSR count). The van der Waals surface area contributed by atoms with Crippen molar-refractivity contribution >= 4 is 22.8 Å². The third-order valence-corrected chi connectivity index (χ3v) is 3.76. The number of hydrogen-bond acceptors (Lipinski definition) is 6. The lowest BCUT2D eigenvalue weighted by atomic mass is 10.3. The summed E-state index contributed by atoms with van der Waals surface area (Å²) >= 11 is 1.50. The number of rotatable bonds is 4. The van der Waals surface area contributed by atoms with Crippen LogP contribution in [-0.4, -0.2) is 14.5 Å². The average molecular weight is 281 g/mol. The van der Waals surface area contributed by atoms with Crippen LogP contribution in [0.1, 0.15) is 17.5 Å². The van der Waals surface area contributed by atoms with E-state index < -0.39 is 11.2 Å². The molecule has 8 heteroatoms. The number of nitrogens with zero attached hydrogens (tertiary/aromatic N) is 2. The third-order valence-electron chi connectivity index (χ3n) is 2.83. The van der Waals surface area contributed by atoms with Gasteiger partial charge in [0.25, 0.3) is 5.56 Å². The lowest BCUT2D eigenvalue weighted by Gasteiger charge is -2.11. The molecule has 0 atom stereocenters. The number of thiazole rings is 1. The zero-order valence-electron chi connectivity index (χ0n) is 10.7. The molecular weight excluding hydrogens is 266 g/mol. The van der Waals surface area contributed by atoms with Gasteiger partial charge in [0.15, 0.2) is 0 Å². The molecule has 0 radical (unpaired) electrons. The molecule has 0 fully saturated rings. The van der Waals surface area contributed by atoms with Gasteiger partial charge in [-0.05, 0) is 13.8 Å². The van der Waals surface area contributed by atoms with Crippen molar-refractivity contribution in [1.29, 1.82) is 0 Å². The smallest absolute Gasteiger partial charge is 0.330 e. The minimum absolute atomic E-state index is 0.151. The van der Waals surface area contributed by atoms with E-state index >= 15 is 0 Å².